The molecule has 0 aliphatic carbocycles. The van der Waals surface area contributed by atoms with Gasteiger partial charge in [0, 0.05) is 13.4 Å². The largest absolute Gasteiger partial charge is 0.476 e. The first-order chi connectivity index (χ1) is 15.1. The second-order valence-corrected chi connectivity index (χ2v) is 11.6. The zero-order valence-electron chi connectivity index (χ0n) is 17.9. The Balaban J connectivity index is 1.84. The van der Waals surface area contributed by atoms with Crippen molar-refractivity contribution in [2.75, 3.05) is 0 Å². The molecule has 0 fully saturated rings. The van der Waals surface area contributed by atoms with Crippen molar-refractivity contribution >= 4 is 55.6 Å². The van der Waals surface area contributed by atoms with Gasteiger partial charge in [0.25, 0.3) is 0 Å². The Morgan fingerprint density at radius 3 is 0.969 bits per heavy atom. The monoisotopic (exact) mass is 644 g/mol. The van der Waals surface area contributed by atoms with E-state index in [2.05, 4.69) is 47.8 Å². The molecule has 0 aliphatic rings. The molecule has 0 N–H and O–H groups in total. The van der Waals surface area contributed by atoms with E-state index in [1.165, 1.54) is 0 Å². The number of halogens is 3. The summed E-state index contributed by atoms with van der Waals surface area (Å²) >= 11 is 10.3. The lowest BCUT2D eigenvalue weighted by Crippen LogP contribution is -2.09. The second-order valence-electron chi connectivity index (χ2n) is 7.34. The smallest absolute Gasteiger partial charge is 0.279 e. The van der Waals surface area contributed by atoms with Crippen molar-refractivity contribution in [1.29, 1.82) is 0 Å². The van der Waals surface area contributed by atoms with E-state index in [1.807, 2.05) is 93.6 Å². The summed E-state index contributed by atoms with van der Waals surface area (Å²) < 4.78 is 34.7. The molecule has 3 rings (SSSR count). The quantitative estimate of drug-likeness (QED) is 0.217. The average Bonchev–Trinajstić information content (AvgIpc) is 2.74. The fraction of sp³-hybridized carbons (Fsp3) is 0.250. The number of benzene rings is 3. The van der Waals surface area contributed by atoms with Gasteiger partial charge in [-0.2, -0.15) is 0 Å². The molecule has 0 spiro atoms. The van der Waals surface area contributed by atoms with Crippen LogP contribution in [-0.4, -0.2) is 0 Å². The van der Waals surface area contributed by atoms with Crippen LogP contribution >= 0.6 is 55.6 Å². The molecule has 0 unspecified atom stereocenters. The van der Waals surface area contributed by atoms with Crippen LogP contribution in [0.5, 0.6) is 0 Å². The highest BCUT2D eigenvalue weighted by Crippen LogP contribution is 2.58. The van der Waals surface area contributed by atoms with Crippen LogP contribution in [0.25, 0.3) is 0 Å². The summed E-state index contributed by atoms with van der Waals surface area (Å²) in [6.07, 6.45) is -1.49. The van der Waals surface area contributed by atoms with Gasteiger partial charge in [0.2, 0.25) is 0 Å². The molecule has 0 bridgehead atoms. The van der Waals surface area contributed by atoms with Gasteiger partial charge in [-0.1, -0.05) is 84.2 Å². The van der Waals surface area contributed by atoms with Gasteiger partial charge in [-0.05, 0) is 73.9 Å². The normalized spacial score (nSPS) is 14.7. The summed E-state index contributed by atoms with van der Waals surface area (Å²) in [5, 5.41) is 0. The van der Waals surface area contributed by atoms with E-state index in [-0.39, 0.29) is 0 Å². The Morgan fingerprint density at radius 1 is 0.531 bits per heavy atom. The molecular formula is C24H24Br3O4P. The maximum Gasteiger partial charge on any atom is 0.476 e. The minimum Gasteiger partial charge on any atom is -0.279 e. The number of rotatable bonds is 9. The van der Waals surface area contributed by atoms with Crippen LogP contribution in [0.3, 0.4) is 0 Å². The molecule has 4 nitrogen and oxygen atoms in total. The third-order valence-electron chi connectivity index (χ3n) is 4.88. The van der Waals surface area contributed by atoms with Crippen molar-refractivity contribution < 1.29 is 18.1 Å². The molecule has 3 aromatic carbocycles. The Bertz CT molecular complexity index is 919. The zero-order valence-corrected chi connectivity index (χ0v) is 23.5. The molecule has 0 aliphatic heterocycles. The summed E-state index contributed by atoms with van der Waals surface area (Å²) in [5.74, 6) is 0. The number of hydrogen-bond donors (Lipinski definition) is 0. The van der Waals surface area contributed by atoms with Crippen LogP contribution in [-0.2, 0) is 18.1 Å². The molecule has 0 saturated carbocycles. The molecule has 0 radical (unpaired) electrons. The summed E-state index contributed by atoms with van der Waals surface area (Å²) in [6, 6.07) is 23.0. The molecule has 3 atom stereocenters. The standard InChI is InChI=1S/C24H24Br3O4P/c1-16(19-4-10-22(25)11-5-19)29-32(28,30-17(2)20-6-12-23(26)13-7-20)31-18(3)21-8-14-24(27)15-9-21/h4-18H,1-3H3/t16-,17-,18-/m0/s1. The Kier molecular flexibility index (Phi) is 9.33. The second kappa shape index (κ2) is 11.6. The lowest BCUT2D eigenvalue weighted by atomic mass is 10.1. The minimum absolute atomic E-state index is 0.497. The molecule has 0 aromatic heterocycles. The summed E-state index contributed by atoms with van der Waals surface area (Å²) in [4.78, 5) is 0. The third-order valence-corrected chi connectivity index (χ3v) is 8.19. The van der Waals surface area contributed by atoms with Crippen LogP contribution in [0, 0.1) is 0 Å². The van der Waals surface area contributed by atoms with Gasteiger partial charge in [-0.15, -0.1) is 0 Å². The first-order valence-electron chi connectivity index (χ1n) is 10.1. The summed E-state index contributed by atoms with van der Waals surface area (Å²) in [7, 11) is -3.95. The first-order valence-corrected chi connectivity index (χ1v) is 13.9. The van der Waals surface area contributed by atoms with Gasteiger partial charge in [0.1, 0.15) is 0 Å². The molecule has 32 heavy (non-hydrogen) atoms. The van der Waals surface area contributed by atoms with E-state index in [0.717, 1.165) is 30.1 Å². The van der Waals surface area contributed by atoms with E-state index in [0.29, 0.717) is 0 Å². The molecule has 170 valence electrons. The van der Waals surface area contributed by atoms with Crippen molar-refractivity contribution in [2.45, 2.75) is 39.1 Å². The highest BCUT2D eigenvalue weighted by atomic mass is 79.9. The van der Waals surface area contributed by atoms with Crippen LogP contribution in [0.2, 0.25) is 0 Å². The van der Waals surface area contributed by atoms with Crippen molar-refractivity contribution in [1.82, 2.24) is 0 Å². The summed E-state index contributed by atoms with van der Waals surface area (Å²) in [5.41, 5.74) is 2.61. The molecule has 3 aromatic rings. The highest BCUT2D eigenvalue weighted by molar-refractivity contribution is 9.11. The average molecular weight is 647 g/mol. The summed E-state index contributed by atoms with van der Waals surface area (Å²) in [6.45, 7) is 5.49. The van der Waals surface area contributed by atoms with Crippen LogP contribution in [0.15, 0.2) is 86.2 Å². The van der Waals surface area contributed by atoms with Gasteiger partial charge >= 0.3 is 7.82 Å². The van der Waals surface area contributed by atoms with Crippen molar-refractivity contribution in [3.8, 4) is 0 Å². The van der Waals surface area contributed by atoms with E-state index >= 15 is 0 Å². The van der Waals surface area contributed by atoms with Crippen molar-refractivity contribution in [3.63, 3.8) is 0 Å². The predicted molar refractivity (Wildman–Crippen MR) is 139 cm³/mol. The van der Waals surface area contributed by atoms with Crippen LogP contribution < -0.4 is 0 Å². The van der Waals surface area contributed by atoms with E-state index < -0.39 is 26.1 Å². The SMILES string of the molecule is C[C@H](OP(=O)(O[C@@H](C)c1ccc(Br)cc1)O[C@@H](C)c1ccc(Br)cc1)c1ccc(Br)cc1. The van der Waals surface area contributed by atoms with Gasteiger partial charge < -0.3 is 0 Å². The van der Waals surface area contributed by atoms with E-state index in [4.69, 9.17) is 13.6 Å². The topological polar surface area (TPSA) is 44.8 Å². The lowest BCUT2D eigenvalue weighted by molar-refractivity contribution is 0.0421. The lowest BCUT2D eigenvalue weighted by Gasteiger charge is -2.27. The van der Waals surface area contributed by atoms with Gasteiger partial charge in [-0.3, -0.25) is 13.6 Å². The first kappa shape index (κ1) is 25.8. The molecule has 0 saturated heterocycles. The zero-order chi connectivity index (χ0) is 23.3. The van der Waals surface area contributed by atoms with Crippen LogP contribution in [0.1, 0.15) is 55.8 Å². The van der Waals surface area contributed by atoms with Gasteiger partial charge in [0.05, 0.1) is 18.3 Å². The molecule has 0 heterocycles. The van der Waals surface area contributed by atoms with Crippen LogP contribution in [0.4, 0.5) is 0 Å². The number of hydrogen-bond acceptors (Lipinski definition) is 4. The maximum atomic E-state index is 13.9. The Morgan fingerprint density at radius 2 is 0.750 bits per heavy atom. The predicted octanol–water partition coefficient (Wildman–Crippen LogP) is 9.72. The number of phosphoric ester groups is 1. The van der Waals surface area contributed by atoms with Crippen molar-refractivity contribution in [3.05, 3.63) is 103 Å². The molecule has 8 heteroatoms. The number of phosphoric acid groups is 1. The Hall–Kier alpha value is -0.790. The molecule has 0 amide bonds. The van der Waals surface area contributed by atoms with E-state index in [1.54, 1.807) is 0 Å². The van der Waals surface area contributed by atoms with E-state index in [9.17, 15) is 4.57 Å². The fourth-order valence-electron chi connectivity index (χ4n) is 3.04. The van der Waals surface area contributed by atoms with Crippen molar-refractivity contribution in [2.24, 2.45) is 0 Å². The van der Waals surface area contributed by atoms with Gasteiger partial charge in [-0.25, -0.2) is 4.57 Å². The minimum atomic E-state index is -3.95. The van der Waals surface area contributed by atoms with Gasteiger partial charge in [0.15, 0.2) is 0 Å². The maximum absolute atomic E-state index is 13.9. The highest BCUT2D eigenvalue weighted by Gasteiger charge is 2.35. The third kappa shape index (κ3) is 7.36. The molecular weight excluding hydrogens is 623 g/mol. The Labute approximate surface area is 214 Å². The fourth-order valence-corrected chi connectivity index (χ4v) is 5.51.